The molecule has 0 bridgehead atoms. The van der Waals surface area contributed by atoms with E-state index >= 15 is 0 Å². The molecule has 0 fully saturated rings. The molecule has 12 nitrogen and oxygen atoms in total. The van der Waals surface area contributed by atoms with Crippen molar-refractivity contribution < 1.29 is 17.4 Å². The van der Waals surface area contributed by atoms with Crippen LogP contribution in [0.4, 0.5) is 34.6 Å². The van der Waals surface area contributed by atoms with Crippen LogP contribution in [-0.4, -0.2) is 47.4 Å². The summed E-state index contributed by atoms with van der Waals surface area (Å²) in [6.45, 7) is 15.5. The third-order valence-corrected chi connectivity index (χ3v) is 19.6. The second kappa shape index (κ2) is 16.8. The van der Waals surface area contributed by atoms with Gasteiger partial charge < -0.3 is 18.9 Å². The first-order valence-corrected chi connectivity index (χ1v) is 26.1. The van der Waals surface area contributed by atoms with Gasteiger partial charge in [0.2, 0.25) is 0 Å². The minimum atomic E-state index is -2.27. The van der Waals surface area contributed by atoms with E-state index in [2.05, 4.69) is 94.6 Å². The Morgan fingerprint density at radius 3 is 1.29 bits per heavy atom. The predicted octanol–water partition coefficient (Wildman–Crippen LogP) is 8.29. The Kier molecular flexibility index (Phi) is 13.0. The van der Waals surface area contributed by atoms with Crippen LogP contribution in [0.15, 0.2) is 93.8 Å². The van der Waals surface area contributed by atoms with Gasteiger partial charge in [0.15, 0.2) is 16.6 Å². The van der Waals surface area contributed by atoms with Crippen molar-refractivity contribution in [1.29, 1.82) is 0 Å². The smallest absolute Gasteiger partial charge is 0.421 e. The lowest BCUT2D eigenvalue weighted by Gasteiger charge is -2.39. The van der Waals surface area contributed by atoms with Gasteiger partial charge in [-0.3, -0.25) is 0 Å². The van der Waals surface area contributed by atoms with Crippen molar-refractivity contribution in [2.75, 3.05) is 23.7 Å². The highest BCUT2D eigenvalue weighted by molar-refractivity contribution is 6.87. The summed E-state index contributed by atoms with van der Waals surface area (Å²) in [6, 6.07) is 18.3. The molecule has 2 N–H and O–H groups in total. The average molecular weight is 721 g/mol. The topological polar surface area (TPSA) is 110 Å². The molecule has 0 aliphatic heterocycles. The van der Waals surface area contributed by atoms with Gasteiger partial charge in [-0.2, -0.15) is 0 Å². The van der Waals surface area contributed by atoms with E-state index in [1.165, 1.54) is 0 Å². The second-order valence-corrected chi connectivity index (χ2v) is 26.8. The summed E-state index contributed by atoms with van der Waals surface area (Å²) in [7, 11) is 1.79. The quantitative estimate of drug-likeness (QED) is 0.0467. The zero-order chi connectivity index (χ0) is 35.7. The highest BCUT2D eigenvalue weighted by Crippen LogP contribution is 2.27. The lowest BCUT2D eigenvalue weighted by Crippen LogP contribution is -2.52. The van der Waals surface area contributed by atoms with Crippen molar-refractivity contribution in [3.8, 4) is 0 Å². The number of aromatic nitrogens is 4. The molecule has 0 aliphatic rings. The van der Waals surface area contributed by atoms with Gasteiger partial charge in [-0.25, -0.2) is 18.3 Å². The molecule has 0 saturated carbocycles. The van der Waals surface area contributed by atoms with Gasteiger partial charge in [-0.1, -0.05) is 10.2 Å². The van der Waals surface area contributed by atoms with Crippen LogP contribution in [-0.2, 0) is 36.4 Å². The summed E-state index contributed by atoms with van der Waals surface area (Å²) in [6.07, 6.45) is 9.94. The summed E-state index contributed by atoms with van der Waals surface area (Å²) in [4.78, 5) is 0. The summed E-state index contributed by atoms with van der Waals surface area (Å²) in [5.74, 6) is 1.59. The van der Waals surface area contributed by atoms with Gasteiger partial charge in [0, 0.05) is 34.7 Å². The molecule has 0 unspecified atom stereocenters. The Morgan fingerprint density at radius 2 is 0.959 bits per heavy atom. The van der Waals surface area contributed by atoms with Gasteiger partial charge in [0.05, 0.1) is 53.0 Å². The lowest BCUT2D eigenvalue weighted by atomic mass is 10.3. The largest absolute Gasteiger partial charge is 0.437 e. The van der Waals surface area contributed by atoms with E-state index in [4.69, 9.17) is 8.23 Å². The highest BCUT2D eigenvalue weighted by atomic mass is 28.5. The zero-order valence-corrected chi connectivity index (χ0v) is 34.1. The van der Waals surface area contributed by atoms with Crippen molar-refractivity contribution in [1.82, 2.24) is 9.13 Å². The summed E-state index contributed by atoms with van der Waals surface area (Å²) < 4.78 is 21.5. The van der Waals surface area contributed by atoms with Crippen LogP contribution in [0, 0.1) is 0 Å². The number of imidazole rings is 2. The SMILES string of the molecule is Cn1cc[n+](C)c1/N=N/c1ccc(NCCC[Si](C)(C)O[Si](C)(C)O[Si](C)(C)CCCNc2ccc(/N=N/c3n(C)cc[n+]3C)cc2)cc1. The molecule has 0 saturated heterocycles. The van der Waals surface area contributed by atoms with Crippen molar-refractivity contribution >= 4 is 59.8 Å². The molecular formula is C34H56N10O2Si3+2. The summed E-state index contributed by atoms with van der Waals surface area (Å²) >= 11 is 0. The Balaban J connectivity index is 1.13. The van der Waals surface area contributed by atoms with Gasteiger partial charge in [-0.15, -0.1) is 0 Å². The average Bonchev–Trinajstić information content (AvgIpc) is 3.53. The van der Waals surface area contributed by atoms with Crippen molar-refractivity contribution in [3.63, 3.8) is 0 Å². The Morgan fingerprint density at radius 1 is 0.592 bits per heavy atom. The third-order valence-electron chi connectivity index (χ3n) is 8.15. The molecule has 49 heavy (non-hydrogen) atoms. The van der Waals surface area contributed by atoms with Crippen LogP contribution >= 0.6 is 0 Å². The van der Waals surface area contributed by atoms with Crippen LogP contribution < -0.4 is 19.8 Å². The molecule has 2 heterocycles. The van der Waals surface area contributed by atoms with Crippen LogP contribution in [0.5, 0.6) is 0 Å². The van der Waals surface area contributed by atoms with E-state index in [1.807, 2.05) is 95.5 Å². The fourth-order valence-electron chi connectivity index (χ4n) is 5.89. The van der Waals surface area contributed by atoms with Gasteiger partial charge in [0.1, 0.15) is 11.4 Å². The second-order valence-electron chi connectivity index (χ2n) is 14.3. The van der Waals surface area contributed by atoms with Gasteiger partial charge in [0.25, 0.3) is 0 Å². The van der Waals surface area contributed by atoms with Crippen LogP contribution in [0.25, 0.3) is 0 Å². The van der Waals surface area contributed by atoms with E-state index in [-0.39, 0.29) is 0 Å². The minimum Gasteiger partial charge on any atom is -0.437 e. The molecule has 264 valence electrons. The molecule has 4 aromatic rings. The molecule has 0 atom stereocenters. The molecule has 2 aromatic carbocycles. The van der Waals surface area contributed by atoms with E-state index in [9.17, 15) is 0 Å². The molecule has 0 amide bonds. The summed E-state index contributed by atoms with van der Waals surface area (Å²) in [5, 5.41) is 24.6. The number of nitrogens with one attached hydrogen (secondary N) is 2. The fraction of sp³-hybridized carbons (Fsp3) is 0.471. The molecule has 2 aromatic heterocycles. The molecular weight excluding hydrogens is 665 g/mol. The standard InChI is InChI=1S/C34H54N10O2Si3/c1-41-23-24-42(2)33(41)39-37-31-17-13-29(14-18-31)35-21-11-27-47(5,6)45-49(9,10)46-48(7,8)28-12-22-36-30-15-19-32(20-16-30)38-40-34-43(3)25-26-44(34)4/h13-20,23-26H,11-12,21-22,27-28H2,1-10H3/p+2. The highest BCUT2D eigenvalue weighted by Gasteiger charge is 2.39. The number of aryl methyl sites for hydroxylation is 4. The Hall–Kier alpha value is -3.77. The fourth-order valence-corrected chi connectivity index (χ4v) is 20.0. The van der Waals surface area contributed by atoms with Crippen molar-refractivity contribution in [2.24, 2.45) is 48.6 Å². The number of hydrogen-bond donors (Lipinski definition) is 2. The number of nitrogens with zero attached hydrogens (tertiary/aromatic N) is 8. The number of benzene rings is 2. The maximum absolute atomic E-state index is 6.85. The minimum absolute atomic E-state index is 0.795. The normalized spacial score (nSPS) is 12.8. The van der Waals surface area contributed by atoms with E-state index < -0.39 is 25.2 Å². The van der Waals surface area contributed by atoms with Gasteiger partial charge in [-0.05, 0) is 113 Å². The van der Waals surface area contributed by atoms with E-state index in [1.54, 1.807) is 0 Å². The number of azo groups is 2. The molecule has 15 heteroatoms. The Bertz CT molecular complexity index is 1540. The van der Waals surface area contributed by atoms with Crippen molar-refractivity contribution in [3.05, 3.63) is 73.3 Å². The number of anilines is 2. The van der Waals surface area contributed by atoms with Crippen molar-refractivity contribution in [2.45, 2.75) is 64.2 Å². The maximum atomic E-state index is 6.85. The van der Waals surface area contributed by atoms with Crippen LogP contribution in [0.1, 0.15) is 12.8 Å². The molecule has 0 spiro atoms. The third kappa shape index (κ3) is 12.3. The van der Waals surface area contributed by atoms with E-state index in [0.29, 0.717) is 0 Å². The Labute approximate surface area is 295 Å². The number of rotatable bonds is 18. The van der Waals surface area contributed by atoms with Crippen LogP contribution in [0.3, 0.4) is 0 Å². The van der Waals surface area contributed by atoms with Gasteiger partial charge >= 0.3 is 20.5 Å². The first-order chi connectivity index (χ1) is 23.1. The first kappa shape index (κ1) is 38.0. The maximum Gasteiger partial charge on any atom is 0.421 e. The lowest BCUT2D eigenvalue weighted by molar-refractivity contribution is -0.657. The van der Waals surface area contributed by atoms with E-state index in [0.717, 1.165) is 72.7 Å². The first-order valence-electron chi connectivity index (χ1n) is 17.1. The molecule has 0 aliphatic carbocycles. The monoisotopic (exact) mass is 720 g/mol. The molecule has 0 radical (unpaired) electrons. The zero-order valence-electron chi connectivity index (χ0n) is 31.1. The van der Waals surface area contributed by atoms with Crippen LogP contribution in [0.2, 0.25) is 51.4 Å². The molecule has 4 rings (SSSR count). The number of hydrogen-bond acceptors (Lipinski definition) is 8. The summed E-state index contributed by atoms with van der Waals surface area (Å²) in [5.41, 5.74) is 3.82. The predicted molar refractivity (Wildman–Crippen MR) is 205 cm³/mol.